The number of aryl methyl sites for hydroxylation is 2. The maximum absolute atomic E-state index is 11.8. The number of carboxylic acid groups (broad SMARTS) is 1. The van der Waals surface area contributed by atoms with Gasteiger partial charge in [-0.2, -0.15) is 0 Å². The van der Waals surface area contributed by atoms with Crippen LogP contribution in [0.5, 0.6) is 0 Å². The molecule has 0 aliphatic carbocycles. The lowest BCUT2D eigenvalue weighted by molar-refractivity contribution is 0.0697. The summed E-state index contributed by atoms with van der Waals surface area (Å²) in [4.78, 5) is 22.7. The molecule has 0 amide bonds. The first-order valence-electron chi connectivity index (χ1n) is 7.09. The Morgan fingerprint density at radius 2 is 1.78 bits per heavy atom. The fraction of sp³-hybridized carbons (Fsp3) is 0.111. The highest BCUT2D eigenvalue weighted by Crippen LogP contribution is 2.29. The minimum absolute atomic E-state index is 0.208. The van der Waals surface area contributed by atoms with E-state index in [1.165, 1.54) is 18.2 Å². The third-order valence-electron chi connectivity index (χ3n) is 3.60. The van der Waals surface area contributed by atoms with Crippen LogP contribution in [-0.4, -0.2) is 11.1 Å². The van der Waals surface area contributed by atoms with Crippen LogP contribution in [0.4, 0.5) is 11.4 Å². The van der Waals surface area contributed by atoms with Crippen LogP contribution in [0.1, 0.15) is 21.5 Å². The van der Waals surface area contributed by atoms with Crippen molar-refractivity contribution in [2.45, 2.75) is 13.8 Å². The van der Waals surface area contributed by atoms with Crippen molar-refractivity contribution in [1.29, 1.82) is 0 Å². The lowest BCUT2D eigenvalue weighted by Crippen LogP contribution is -2.03. The molecule has 1 aromatic heterocycles. The summed E-state index contributed by atoms with van der Waals surface area (Å²) in [5, 5.41) is 12.9. The third kappa shape index (κ3) is 2.94. The first-order chi connectivity index (χ1) is 10.9. The minimum Gasteiger partial charge on any atom is -0.478 e. The summed E-state index contributed by atoms with van der Waals surface area (Å²) in [7, 11) is 0. The van der Waals surface area contributed by atoms with Crippen LogP contribution in [0.15, 0.2) is 51.7 Å². The van der Waals surface area contributed by atoms with E-state index in [2.05, 4.69) is 5.32 Å². The number of carboxylic acids is 1. The Kier molecular flexibility index (Phi) is 3.62. The van der Waals surface area contributed by atoms with E-state index < -0.39 is 11.6 Å². The Morgan fingerprint density at radius 1 is 1.09 bits per heavy atom. The fourth-order valence-corrected chi connectivity index (χ4v) is 2.63. The number of hydrogen-bond donors (Lipinski definition) is 2. The lowest BCUT2D eigenvalue weighted by atomic mass is 10.1. The summed E-state index contributed by atoms with van der Waals surface area (Å²) in [6, 6.07) is 11.6. The molecule has 0 bridgehead atoms. The van der Waals surface area contributed by atoms with Crippen LogP contribution >= 0.6 is 0 Å². The molecular formula is C18H15NO4. The zero-order valence-corrected chi connectivity index (χ0v) is 12.7. The monoisotopic (exact) mass is 309 g/mol. The molecule has 0 atom stereocenters. The van der Waals surface area contributed by atoms with Crippen LogP contribution in [0.25, 0.3) is 11.0 Å². The van der Waals surface area contributed by atoms with Crippen molar-refractivity contribution in [3.05, 3.63) is 69.6 Å². The molecule has 0 spiro atoms. The molecule has 2 N–H and O–H groups in total. The van der Waals surface area contributed by atoms with E-state index in [9.17, 15) is 9.59 Å². The van der Waals surface area contributed by atoms with Gasteiger partial charge in [-0.1, -0.05) is 6.07 Å². The van der Waals surface area contributed by atoms with Gasteiger partial charge in [0.15, 0.2) is 0 Å². The second-order valence-electron chi connectivity index (χ2n) is 5.44. The predicted molar refractivity (Wildman–Crippen MR) is 88.6 cm³/mol. The van der Waals surface area contributed by atoms with Crippen LogP contribution < -0.4 is 10.9 Å². The average Bonchev–Trinajstić information content (AvgIpc) is 2.46. The smallest absolute Gasteiger partial charge is 0.338 e. The van der Waals surface area contributed by atoms with Crippen LogP contribution in [0.3, 0.4) is 0 Å². The number of hydrogen-bond acceptors (Lipinski definition) is 4. The van der Waals surface area contributed by atoms with E-state index in [1.54, 1.807) is 12.1 Å². The molecule has 2 aromatic carbocycles. The summed E-state index contributed by atoms with van der Waals surface area (Å²) in [5.74, 6) is -0.978. The molecule has 0 aliphatic rings. The zero-order valence-electron chi connectivity index (χ0n) is 12.7. The Morgan fingerprint density at radius 3 is 2.43 bits per heavy atom. The Labute approximate surface area is 132 Å². The number of benzene rings is 2. The summed E-state index contributed by atoms with van der Waals surface area (Å²) in [6.07, 6.45) is 0. The molecule has 0 aliphatic heterocycles. The average molecular weight is 309 g/mol. The molecule has 0 saturated carbocycles. The SMILES string of the molecule is Cc1cc(C)c2c(Nc3ccc(C(=O)O)cc3)cc(=O)oc2c1. The van der Waals surface area contributed by atoms with Gasteiger partial charge in [0.1, 0.15) is 5.58 Å². The highest BCUT2D eigenvalue weighted by atomic mass is 16.4. The number of rotatable bonds is 3. The number of fused-ring (bicyclic) bond motifs is 1. The zero-order chi connectivity index (χ0) is 16.6. The van der Waals surface area contributed by atoms with Crippen LogP contribution in [0.2, 0.25) is 0 Å². The van der Waals surface area contributed by atoms with Crippen molar-refractivity contribution >= 4 is 28.3 Å². The fourth-order valence-electron chi connectivity index (χ4n) is 2.63. The van der Waals surface area contributed by atoms with Crippen LogP contribution in [-0.2, 0) is 0 Å². The normalized spacial score (nSPS) is 10.7. The summed E-state index contributed by atoms with van der Waals surface area (Å²) in [6.45, 7) is 3.89. The molecule has 0 fully saturated rings. The highest BCUT2D eigenvalue weighted by molar-refractivity contribution is 5.95. The Bertz CT molecular complexity index is 955. The summed E-state index contributed by atoms with van der Waals surface area (Å²) in [5.41, 5.74) is 3.64. The van der Waals surface area contributed by atoms with E-state index in [0.29, 0.717) is 17.0 Å². The molecule has 5 heteroatoms. The quantitative estimate of drug-likeness (QED) is 0.718. The van der Waals surface area contributed by atoms with Crippen molar-refractivity contribution < 1.29 is 14.3 Å². The van der Waals surface area contributed by atoms with E-state index in [-0.39, 0.29) is 5.56 Å². The molecule has 0 radical (unpaired) electrons. The predicted octanol–water partition coefficient (Wildman–Crippen LogP) is 3.85. The maximum Gasteiger partial charge on any atom is 0.338 e. The van der Waals surface area contributed by atoms with E-state index in [0.717, 1.165) is 16.5 Å². The van der Waals surface area contributed by atoms with Gasteiger partial charge in [-0.05, 0) is 55.3 Å². The van der Waals surface area contributed by atoms with Crippen molar-refractivity contribution in [3.63, 3.8) is 0 Å². The van der Waals surface area contributed by atoms with Crippen molar-refractivity contribution in [2.24, 2.45) is 0 Å². The topological polar surface area (TPSA) is 79.5 Å². The molecular weight excluding hydrogens is 294 g/mol. The van der Waals surface area contributed by atoms with E-state index in [4.69, 9.17) is 9.52 Å². The Balaban J connectivity index is 2.09. The molecule has 3 aromatic rings. The molecule has 1 heterocycles. The van der Waals surface area contributed by atoms with Gasteiger partial charge in [-0.3, -0.25) is 0 Å². The van der Waals surface area contributed by atoms with Crippen LogP contribution in [0, 0.1) is 13.8 Å². The van der Waals surface area contributed by atoms with Gasteiger partial charge in [-0.15, -0.1) is 0 Å². The second-order valence-corrected chi connectivity index (χ2v) is 5.44. The lowest BCUT2D eigenvalue weighted by Gasteiger charge is -2.11. The Hall–Kier alpha value is -3.08. The third-order valence-corrected chi connectivity index (χ3v) is 3.60. The number of anilines is 2. The highest BCUT2D eigenvalue weighted by Gasteiger charge is 2.10. The van der Waals surface area contributed by atoms with Gasteiger partial charge in [0, 0.05) is 17.1 Å². The molecule has 5 nitrogen and oxygen atoms in total. The molecule has 3 rings (SSSR count). The summed E-state index contributed by atoms with van der Waals surface area (Å²) >= 11 is 0. The van der Waals surface area contributed by atoms with E-state index in [1.807, 2.05) is 26.0 Å². The van der Waals surface area contributed by atoms with Crippen molar-refractivity contribution in [3.8, 4) is 0 Å². The van der Waals surface area contributed by atoms with Gasteiger partial charge < -0.3 is 14.8 Å². The largest absolute Gasteiger partial charge is 0.478 e. The second kappa shape index (κ2) is 5.61. The number of carbonyl (C=O) groups is 1. The molecule has 23 heavy (non-hydrogen) atoms. The summed E-state index contributed by atoms with van der Waals surface area (Å²) < 4.78 is 5.28. The number of aromatic carboxylic acids is 1. The standard InChI is InChI=1S/C18H15NO4/c1-10-7-11(2)17-14(9-16(20)23-15(17)8-10)19-13-5-3-12(4-6-13)18(21)22/h3-9,19H,1-2H3,(H,21,22). The van der Waals surface area contributed by atoms with Gasteiger partial charge in [0.2, 0.25) is 0 Å². The molecule has 116 valence electrons. The maximum atomic E-state index is 11.8. The van der Waals surface area contributed by atoms with Crippen molar-refractivity contribution in [1.82, 2.24) is 0 Å². The van der Waals surface area contributed by atoms with Gasteiger partial charge in [-0.25, -0.2) is 9.59 Å². The molecule has 0 unspecified atom stereocenters. The number of nitrogens with one attached hydrogen (secondary N) is 1. The van der Waals surface area contributed by atoms with Gasteiger partial charge in [0.25, 0.3) is 0 Å². The molecule has 0 saturated heterocycles. The van der Waals surface area contributed by atoms with Crippen molar-refractivity contribution in [2.75, 3.05) is 5.32 Å². The minimum atomic E-state index is -0.978. The first-order valence-corrected chi connectivity index (χ1v) is 7.09. The van der Waals surface area contributed by atoms with Gasteiger partial charge in [0.05, 0.1) is 11.3 Å². The van der Waals surface area contributed by atoms with Gasteiger partial charge >= 0.3 is 11.6 Å². The van der Waals surface area contributed by atoms with E-state index >= 15 is 0 Å². The first kappa shape index (κ1) is 14.8.